The van der Waals surface area contributed by atoms with Crippen LogP contribution in [0, 0.1) is 6.92 Å². The largest absolute Gasteiger partial charge is 0.326 e. The van der Waals surface area contributed by atoms with Crippen LogP contribution in [0.3, 0.4) is 0 Å². The number of halogens is 1. The Kier molecular flexibility index (Phi) is 5.73. The molecule has 19 heavy (non-hydrogen) atoms. The zero-order valence-corrected chi connectivity index (χ0v) is 13.4. The molecule has 3 nitrogen and oxygen atoms in total. The number of aryl methyl sites for hydroxylation is 1. The van der Waals surface area contributed by atoms with Gasteiger partial charge in [0.1, 0.15) is 0 Å². The van der Waals surface area contributed by atoms with Crippen LogP contribution in [0.25, 0.3) is 0 Å². The summed E-state index contributed by atoms with van der Waals surface area (Å²) in [5, 5.41) is 6.39. The summed E-state index contributed by atoms with van der Waals surface area (Å²) in [7, 11) is 0. The number of carbonyl (C=O) groups is 1. The number of hydrogen-bond acceptors (Lipinski definition) is 3. The van der Waals surface area contributed by atoms with Crippen LogP contribution in [0.1, 0.15) is 18.4 Å². The molecule has 0 aliphatic carbocycles. The number of carbonyl (C=O) groups excluding carboxylic acids is 1. The number of benzene rings is 1. The second-order valence-electron chi connectivity index (χ2n) is 4.77. The first-order valence-electron chi connectivity index (χ1n) is 6.52. The summed E-state index contributed by atoms with van der Waals surface area (Å²) in [6.07, 6.45) is 1.74. The summed E-state index contributed by atoms with van der Waals surface area (Å²) in [6.45, 7) is 2.75. The molecule has 1 aliphatic heterocycles. The van der Waals surface area contributed by atoms with Gasteiger partial charge in [0.15, 0.2) is 0 Å². The fourth-order valence-electron chi connectivity index (χ4n) is 2.07. The van der Waals surface area contributed by atoms with Gasteiger partial charge in [-0.25, -0.2) is 0 Å². The molecule has 0 aromatic heterocycles. The molecule has 1 aromatic rings. The first kappa shape index (κ1) is 14.9. The van der Waals surface area contributed by atoms with Crippen LogP contribution < -0.4 is 10.6 Å². The van der Waals surface area contributed by atoms with E-state index in [0.717, 1.165) is 22.3 Å². The van der Waals surface area contributed by atoms with Crippen LogP contribution in [0.4, 0.5) is 5.69 Å². The van der Waals surface area contributed by atoms with Crippen LogP contribution in [0.15, 0.2) is 22.7 Å². The molecule has 1 amide bonds. The zero-order chi connectivity index (χ0) is 13.7. The van der Waals surface area contributed by atoms with Crippen molar-refractivity contribution >= 4 is 39.3 Å². The number of anilines is 1. The van der Waals surface area contributed by atoms with Gasteiger partial charge in [-0.2, -0.15) is 11.8 Å². The topological polar surface area (TPSA) is 41.1 Å². The van der Waals surface area contributed by atoms with E-state index in [4.69, 9.17) is 0 Å². The van der Waals surface area contributed by atoms with E-state index in [1.165, 1.54) is 17.9 Å². The normalized spacial score (nSPS) is 18.5. The Bertz CT molecular complexity index is 447. The SMILES string of the molecule is Cc1cc(Br)ccc1NC(=O)CCN[C@@H]1CCSC1. The third-order valence-electron chi connectivity index (χ3n) is 3.18. The van der Waals surface area contributed by atoms with Gasteiger partial charge in [0.05, 0.1) is 0 Å². The molecule has 2 N–H and O–H groups in total. The number of thioether (sulfide) groups is 1. The van der Waals surface area contributed by atoms with E-state index in [0.29, 0.717) is 12.5 Å². The van der Waals surface area contributed by atoms with Crippen molar-refractivity contribution in [1.82, 2.24) is 5.32 Å². The zero-order valence-electron chi connectivity index (χ0n) is 11.0. The van der Waals surface area contributed by atoms with E-state index in [1.54, 1.807) is 0 Å². The summed E-state index contributed by atoms with van der Waals surface area (Å²) in [5.74, 6) is 2.48. The van der Waals surface area contributed by atoms with E-state index < -0.39 is 0 Å². The molecule has 1 heterocycles. The van der Waals surface area contributed by atoms with Gasteiger partial charge >= 0.3 is 0 Å². The lowest BCUT2D eigenvalue weighted by molar-refractivity contribution is -0.116. The van der Waals surface area contributed by atoms with Crippen LogP contribution in [0.2, 0.25) is 0 Å². The molecule has 1 fully saturated rings. The molecule has 0 spiro atoms. The first-order valence-corrected chi connectivity index (χ1v) is 8.47. The number of rotatable bonds is 5. The first-order chi connectivity index (χ1) is 9.15. The molecule has 1 aromatic carbocycles. The lowest BCUT2D eigenvalue weighted by Crippen LogP contribution is -2.31. The van der Waals surface area contributed by atoms with Gasteiger partial charge in [-0.15, -0.1) is 0 Å². The molecule has 1 atom stereocenters. The fraction of sp³-hybridized carbons (Fsp3) is 0.500. The fourth-order valence-corrected chi connectivity index (χ4v) is 3.73. The van der Waals surface area contributed by atoms with Crippen molar-refractivity contribution < 1.29 is 4.79 Å². The Morgan fingerprint density at radius 3 is 3.05 bits per heavy atom. The van der Waals surface area contributed by atoms with Gasteiger partial charge in [-0.1, -0.05) is 15.9 Å². The summed E-state index contributed by atoms with van der Waals surface area (Å²) in [4.78, 5) is 11.9. The third-order valence-corrected chi connectivity index (χ3v) is 4.83. The van der Waals surface area contributed by atoms with E-state index in [-0.39, 0.29) is 5.91 Å². The number of nitrogens with one attached hydrogen (secondary N) is 2. The predicted molar refractivity (Wildman–Crippen MR) is 85.9 cm³/mol. The molecule has 0 unspecified atom stereocenters. The van der Waals surface area contributed by atoms with Gasteiger partial charge in [-0.05, 0) is 42.9 Å². The maximum absolute atomic E-state index is 11.9. The lowest BCUT2D eigenvalue weighted by Gasteiger charge is -2.12. The van der Waals surface area contributed by atoms with Crippen LogP contribution >= 0.6 is 27.7 Å². The Morgan fingerprint density at radius 2 is 2.37 bits per heavy atom. The summed E-state index contributed by atoms with van der Waals surface area (Å²) >= 11 is 5.40. The van der Waals surface area contributed by atoms with Crippen LogP contribution in [-0.2, 0) is 4.79 Å². The van der Waals surface area contributed by atoms with Crippen molar-refractivity contribution in [1.29, 1.82) is 0 Å². The van der Waals surface area contributed by atoms with E-state index in [2.05, 4.69) is 26.6 Å². The smallest absolute Gasteiger partial charge is 0.225 e. The van der Waals surface area contributed by atoms with Gasteiger partial charge in [0, 0.05) is 34.9 Å². The molecule has 2 rings (SSSR count). The van der Waals surface area contributed by atoms with Crippen molar-refractivity contribution in [3.8, 4) is 0 Å². The van der Waals surface area contributed by atoms with E-state index in [9.17, 15) is 4.79 Å². The van der Waals surface area contributed by atoms with Gasteiger partial charge in [-0.3, -0.25) is 4.79 Å². The number of amides is 1. The summed E-state index contributed by atoms with van der Waals surface area (Å²) in [6, 6.07) is 6.46. The molecule has 1 saturated heterocycles. The molecular formula is C14H19BrN2OS. The molecule has 0 bridgehead atoms. The lowest BCUT2D eigenvalue weighted by atomic mass is 10.2. The summed E-state index contributed by atoms with van der Waals surface area (Å²) < 4.78 is 1.03. The van der Waals surface area contributed by atoms with Gasteiger partial charge in [0.2, 0.25) is 5.91 Å². The average Bonchev–Trinajstić information content (AvgIpc) is 2.86. The van der Waals surface area contributed by atoms with Crippen LogP contribution in [0.5, 0.6) is 0 Å². The molecule has 1 aliphatic rings. The third kappa shape index (κ3) is 4.82. The molecule has 0 saturated carbocycles. The minimum atomic E-state index is 0.0728. The van der Waals surface area contributed by atoms with Crippen LogP contribution in [-0.4, -0.2) is 30.0 Å². The van der Waals surface area contributed by atoms with Crippen molar-refractivity contribution in [3.05, 3.63) is 28.2 Å². The Balaban J connectivity index is 1.74. The highest BCUT2D eigenvalue weighted by molar-refractivity contribution is 9.10. The highest BCUT2D eigenvalue weighted by Gasteiger charge is 2.14. The van der Waals surface area contributed by atoms with E-state index >= 15 is 0 Å². The molecule has 5 heteroatoms. The number of hydrogen-bond donors (Lipinski definition) is 2. The standard InChI is InChI=1S/C14H19BrN2OS/c1-10-8-11(15)2-3-13(10)17-14(18)4-6-16-12-5-7-19-9-12/h2-3,8,12,16H,4-7,9H2,1H3,(H,17,18)/t12-/m1/s1. The average molecular weight is 343 g/mol. The predicted octanol–water partition coefficient (Wildman–Crippen LogP) is 3.18. The van der Waals surface area contributed by atoms with Gasteiger partial charge in [0.25, 0.3) is 0 Å². The monoisotopic (exact) mass is 342 g/mol. The highest BCUT2D eigenvalue weighted by atomic mass is 79.9. The highest BCUT2D eigenvalue weighted by Crippen LogP contribution is 2.20. The second kappa shape index (κ2) is 7.31. The maximum atomic E-state index is 11.9. The Morgan fingerprint density at radius 1 is 1.53 bits per heavy atom. The quantitative estimate of drug-likeness (QED) is 0.863. The van der Waals surface area contributed by atoms with Crippen molar-refractivity contribution in [3.63, 3.8) is 0 Å². The van der Waals surface area contributed by atoms with Gasteiger partial charge < -0.3 is 10.6 Å². The molecule has 104 valence electrons. The van der Waals surface area contributed by atoms with E-state index in [1.807, 2.05) is 36.9 Å². The Labute approximate surface area is 127 Å². The molecular weight excluding hydrogens is 324 g/mol. The minimum absolute atomic E-state index is 0.0728. The van der Waals surface area contributed by atoms with Crippen molar-refractivity contribution in [2.75, 3.05) is 23.4 Å². The van der Waals surface area contributed by atoms with Crippen molar-refractivity contribution in [2.24, 2.45) is 0 Å². The molecule has 0 radical (unpaired) electrons. The van der Waals surface area contributed by atoms with Crippen molar-refractivity contribution in [2.45, 2.75) is 25.8 Å². The Hall–Kier alpha value is -0.520. The summed E-state index contributed by atoms with van der Waals surface area (Å²) in [5.41, 5.74) is 1.97. The second-order valence-corrected chi connectivity index (χ2v) is 6.84. The minimum Gasteiger partial charge on any atom is -0.326 e. The maximum Gasteiger partial charge on any atom is 0.225 e.